The molecule has 1 atom stereocenters. The lowest BCUT2D eigenvalue weighted by Gasteiger charge is -2.29. The van der Waals surface area contributed by atoms with E-state index in [2.05, 4.69) is 16.8 Å². The van der Waals surface area contributed by atoms with Crippen LogP contribution in [0.2, 0.25) is 0 Å². The van der Waals surface area contributed by atoms with Crippen molar-refractivity contribution in [3.8, 4) is 0 Å². The average molecular weight is 232 g/mol. The lowest BCUT2D eigenvalue weighted by atomic mass is 10.1. The molecule has 0 saturated carbocycles. The lowest BCUT2D eigenvalue weighted by Crippen LogP contribution is -2.32. The Morgan fingerprint density at radius 1 is 1.41 bits per heavy atom. The summed E-state index contributed by atoms with van der Waals surface area (Å²) in [5.41, 5.74) is 7.10. The molecule has 4 nitrogen and oxygen atoms in total. The van der Waals surface area contributed by atoms with Crippen molar-refractivity contribution < 1.29 is 0 Å². The minimum Gasteiger partial charge on any atom is -0.382 e. The van der Waals surface area contributed by atoms with Gasteiger partial charge in [0.15, 0.2) is 0 Å². The summed E-state index contributed by atoms with van der Waals surface area (Å²) < 4.78 is 0. The number of nitrogens with one attached hydrogen (secondary N) is 1. The van der Waals surface area contributed by atoms with E-state index in [9.17, 15) is 0 Å². The van der Waals surface area contributed by atoms with Crippen LogP contribution in [0.5, 0.6) is 0 Å². The highest BCUT2D eigenvalue weighted by molar-refractivity contribution is 5.93. The average Bonchev–Trinajstić information content (AvgIpc) is 2.54. The Balaban J connectivity index is 2.17. The van der Waals surface area contributed by atoms with E-state index in [0.717, 1.165) is 12.2 Å². The van der Waals surface area contributed by atoms with Crippen molar-refractivity contribution in [1.82, 2.24) is 4.98 Å². The van der Waals surface area contributed by atoms with Crippen LogP contribution in [0.1, 0.15) is 38.3 Å². The molecule has 0 spiro atoms. The van der Waals surface area contributed by atoms with Gasteiger partial charge in [-0.3, -0.25) is 10.4 Å². The fourth-order valence-corrected chi connectivity index (χ4v) is 2.37. The molecule has 0 radical (unpaired) electrons. The van der Waals surface area contributed by atoms with Crippen molar-refractivity contribution in [3.63, 3.8) is 0 Å². The Hall–Kier alpha value is -1.58. The van der Waals surface area contributed by atoms with Gasteiger partial charge in [0.05, 0.1) is 11.9 Å². The molecule has 1 unspecified atom stereocenters. The summed E-state index contributed by atoms with van der Waals surface area (Å²) in [4.78, 5) is 6.63. The Labute approximate surface area is 102 Å². The lowest BCUT2D eigenvalue weighted by molar-refractivity contribution is 0.615. The highest BCUT2D eigenvalue weighted by Crippen LogP contribution is 2.23. The minimum atomic E-state index is 0.0282. The van der Waals surface area contributed by atoms with E-state index in [-0.39, 0.29) is 5.84 Å². The second-order valence-electron chi connectivity index (χ2n) is 4.71. The second-order valence-corrected chi connectivity index (χ2v) is 4.71. The zero-order chi connectivity index (χ0) is 12.3. The minimum absolute atomic E-state index is 0.0282. The quantitative estimate of drug-likeness (QED) is 0.606. The molecule has 4 heteroatoms. The summed E-state index contributed by atoms with van der Waals surface area (Å²) in [5, 5.41) is 7.33. The third kappa shape index (κ3) is 2.75. The van der Waals surface area contributed by atoms with Crippen molar-refractivity contribution in [3.05, 3.63) is 24.0 Å². The van der Waals surface area contributed by atoms with Gasteiger partial charge in [0.1, 0.15) is 11.5 Å². The monoisotopic (exact) mass is 232 g/mol. The van der Waals surface area contributed by atoms with Gasteiger partial charge in [-0.2, -0.15) is 0 Å². The molecular weight excluding hydrogens is 212 g/mol. The van der Waals surface area contributed by atoms with Crippen molar-refractivity contribution in [2.45, 2.75) is 38.6 Å². The van der Waals surface area contributed by atoms with Crippen molar-refractivity contribution in [1.29, 1.82) is 5.41 Å². The van der Waals surface area contributed by atoms with Gasteiger partial charge in [-0.15, -0.1) is 0 Å². The topological polar surface area (TPSA) is 66.0 Å². The van der Waals surface area contributed by atoms with Crippen molar-refractivity contribution in [2.75, 3.05) is 11.4 Å². The number of pyridine rings is 1. The summed E-state index contributed by atoms with van der Waals surface area (Å²) in [7, 11) is 0. The van der Waals surface area contributed by atoms with Crippen LogP contribution in [0.25, 0.3) is 0 Å². The molecule has 1 aromatic heterocycles. The van der Waals surface area contributed by atoms with Crippen LogP contribution in [0.3, 0.4) is 0 Å². The van der Waals surface area contributed by atoms with E-state index in [4.69, 9.17) is 11.1 Å². The summed E-state index contributed by atoms with van der Waals surface area (Å²) in [6.45, 7) is 3.37. The number of hydrogen-bond donors (Lipinski definition) is 2. The molecule has 0 aromatic carbocycles. The van der Waals surface area contributed by atoms with Crippen LogP contribution in [0.15, 0.2) is 18.3 Å². The van der Waals surface area contributed by atoms with E-state index >= 15 is 0 Å². The number of hydrogen-bond acceptors (Lipinski definition) is 3. The third-order valence-electron chi connectivity index (χ3n) is 3.41. The first-order valence-electron chi connectivity index (χ1n) is 6.25. The Morgan fingerprint density at radius 3 is 2.88 bits per heavy atom. The molecule has 3 N–H and O–H groups in total. The van der Waals surface area contributed by atoms with Gasteiger partial charge >= 0.3 is 0 Å². The molecule has 1 aliphatic heterocycles. The van der Waals surface area contributed by atoms with Crippen LogP contribution in [-0.4, -0.2) is 23.4 Å². The molecule has 1 aromatic rings. The SMILES string of the molecule is CC1CCCCCN1c1ccc(C(=N)N)nc1. The molecule has 0 amide bonds. The zero-order valence-corrected chi connectivity index (χ0v) is 10.3. The summed E-state index contributed by atoms with van der Waals surface area (Å²) >= 11 is 0. The number of nitrogens with two attached hydrogens (primary N) is 1. The van der Waals surface area contributed by atoms with Gasteiger partial charge < -0.3 is 10.6 Å². The first kappa shape index (κ1) is 11.9. The van der Waals surface area contributed by atoms with E-state index in [0.29, 0.717) is 11.7 Å². The molecule has 2 rings (SSSR count). The Morgan fingerprint density at radius 2 is 2.24 bits per heavy atom. The van der Waals surface area contributed by atoms with E-state index < -0.39 is 0 Å². The third-order valence-corrected chi connectivity index (χ3v) is 3.41. The van der Waals surface area contributed by atoms with Crippen LogP contribution in [0, 0.1) is 5.41 Å². The maximum atomic E-state index is 7.33. The van der Waals surface area contributed by atoms with Crippen LogP contribution < -0.4 is 10.6 Å². The molecule has 1 fully saturated rings. The molecular formula is C13H20N4. The van der Waals surface area contributed by atoms with Gasteiger partial charge in [0.2, 0.25) is 0 Å². The largest absolute Gasteiger partial charge is 0.382 e. The second kappa shape index (κ2) is 5.17. The standard InChI is InChI=1S/C13H20N4/c1-10-5-3-2-4-8-17(10)11-6-7-12(13(14)15)16-9-11/h6-7,9-10H,2-5,8H2,1H3,(H3,14,15). The predicted octanol–water partition coefficient (Wildman–Crippen LogP) is 2.13. The molecule has 1 aliphatic rings. The molecule has 0 aliphatic carbocycles. The van der Waals surface area contributed by atoms with Gasteiger partial charge in [-0.1, -0.05) is 12.8 Å². The summed E-state index contributed by atoms with van der Waals surface area (Å²) in [6.07, 6.45) is 6.96. The van der Waals surface area contributed by atoms with Crippen molar-refractivity contribution >= 4 is 11.5 Å². The predicted molar refractivity (Wildman–Crippen MR) is 70.5 cm³/mol. The smallest absolute Gasteiger partial charge is 0.141 e. The summed E-state index contributed by atoms with van der Waals surface area (Å²) in [6, 6.07) is 4.42. The van der Waals surface area contributed by atoms with Gasteiger partial charge in [-0.05, 0) is 31.9 Å². The fourth-order valence-electron chi connectivity index (χ4n) is 2.37. The van der Waals surface area contributed by atoms with Gasteiger partial charge in [0, 0.05) is 12.6 Å². The number of nitrogen functional groups attached to an aromatic ring is 1. The highest BCUT2D eigenvalue weighted by Gasteiger charge is 2.17. The number of aromatic nitrogens is 1. The Kier molecular flexibility index (Phi) is 3.61. The zero-order valence-electron chi connectivity index (χ0n) is 10.3. The van der Waals surface area contributed by atoms with E-state index in [1.165, 1.54) is 25.7 Å². The van der Waals surface area contributed by atoms with E-state index in [1.807, 2.05) is 18.3 Å². The summed E-state index contributed by atoms with van der Waals surface area (Å²) in [5.74, 6) is 0.0282. The van der Waals surface area contributed by atoms with Crippen LogP contribution in [-0.2, 0) is 0 Å². The number of nitrogens with zero attached hydrogens (tertiary/aromatic N) is 2. The highest BCUT2D eigenvalue weighted by atomic mass is 15.2. The molecule has 1 saturated heterocycles. The maximum Gasteiger partial charge on any atom is 0.141 e. The van der Waals surface area contributed by atoms with Crippen molar-refractivity contribution in [2.24, 2.45) is 5.73 Å². The van der Waals surface area contributed by atoms with Gasteiger partial charge in [0.25, 0.3) is 0 Å². The first-order chi connectivity index (χ1) is 8.18. The number of amidine groups is 1. The Bertz CT molecular complexity index is 385. The van der Waals surface area contributed by atoms with Gasteiger partial charge in [-0.25, -0.2) is 0 Å². The molecule has 17 heavy (non-hydrogen) atoms. The number of rotatable bonds is 2. The maximum absolute atomic E-state index is 7.33. The normalized spacial score (nSPS) is 21.0. The van der Waals surface area contributed by atoms with E-state index in [1.54, 1.807) is 0 Å². The molecule has 0 bridgehead atoms. The van der Waals surface area contributed by atoms with Crippen LogP contribution in [0.4, 0.5) is 5.69 Å². The fraction of sp³-hybridized carbons (Fsp3) is 0.538. The number of anilines is 1. The van der Waals surface area contributed by atoms with Crippen LogP contribution >= 0.6 is 0 Å². The molecule has 92 valence electrons. The first-order valence-corrected chi connectivity index (χ1v) is 6.25. The molecule has 2 heterocycles.